The lowest BCUT2D eigenvalue weighted by atomic mass is 10.1. The van der Waals surface area contributed by atoms with Gasteiger partial charge in [0.15, 0.2) is 0 Å². The van der Waals surface area contributed by atoms with Crippen LogP contribution in [0.3, 0.4) is 0 Å². The summed E-state index contributed by atoms with van der Waals surface area (Å²) in [6.07, 6.45) is 0.198. The number of hydrogen-bond acceptors (Lipinski definition) is 5. The first kappa shape index (κ1) is 19.7. The van der Waals surface area contributed by atoms with Crippen molar-refractivity contribution in [2.75, 3.05) is 5.32 Å². The van der Waals surface area contributed by atoms with Crippen LogP contribution in [0.2, 0.25) is 0 Å². The van der Waals surface area contributed by atoms with Crippen molar-refractivity contribution in [1.82, 2.24) is 5.32 Å². The van der Waals surface area contributed by atoms with Crippen molar-refractivity contribution in [3.05, 3.63) is 69.0 Å². The van der Waals surface area contributed by atoms with Crippen molar-refractivity contribution in [1.29, 1.82) is 0 Å². The number of carbonyl (C=O) groups is 2. The Hall–Kier alpha value is -2.09. The first-order valence-electron chi connectivity index (χ1n) is 8.45. The Bertz CT molecular complexity index is 877. The van der Waals surface area contributed by atoms with Crippen LogP contribution in [0.4, 0.5) is 5.69 Å². The summed E-state index contributed by atoms with van der Waals surface area (Å²) < 4.78 is 0. The third-order valence-corrected chi connectivity index (χ3v) is 6.65. The summed E-state index contributed by atoms with van der Waals surface area (Å²) in [6, 6.07) is 13.5. The molecule has 2 aromatic heterocycles. The summed E-state index contributed by atoms with van der Waals surface area (Å²) in [7, 11) is 0. The molecular formula is C20H20N2O2S3. The second kappa shape index (κ2) is 9.73. The van der Waals surface area contributed by atoms with E-state index in [1.807, 2.05) is 41.8 Å². The zero-order chi connectivity index (χ0) is 19.1. The number of rotatable bonds is 8. The van der Waals surface area contributed by atoms with Gasteiger partial charge in [0, 0.05) is 22.4 Å². The van der Waals surface area contributed by atoms with Crippen molar-refractivity contribution in [2.24, 2.45) is 0 Å². The molecule has 0 spiro atoms. The predicted octanol–water partition coefficient (Wildman–Crippen LogP) is 5.31. The largest absolute Gasteiger partial charge is 0.348 e. The van der Waals surface area contributed by atoms with Gasteiger partial charge in [-0.25, -0.2) is 0 Å². The van der Waals surface area contributed by atoms with Crippen LogP contribution in [-0.2, 0) is 15.3 Å². The van der Waals surface area contributed by atoms with E-state index in [4.69, 9.17) is 0 Å². The van der Waals surface area contributed by atoms with Crippen LogP contribution >= 0.6 is 34.4 Å². The van der Waals surface area contributed by atoms with E-state index in [-0.39, 0.29) is 24.3 Å². The van der Waals surface area contributed by atoms with Gasteiger partial charge in [0.2, 0.25) is 11.8 Å². The van der Waals surface area contributed by atoms with E-state index < -0.39 is 0 Å². The minimum Gasteiger partial charge on any atom is -0.348 e. The first-order valence-corrected chi connectivity index (χ1v) is 11.3. The average Bonchev–Trinajstić information content (AvgIpc) is 3.34. The Morgan fingerprint density at radius 2 is 1.96 bits per heavy atom. The SMILES string of the molecule is CC(=O)NC(CC(=O)Nc1ccccc1SCc1ccsc1)c1cccs1. The first-order chi connectivity index (χ1) is 13.1. The molecule has 0 aliphatic carbocycles. The fourth-order valence-electron chi connectivity index (χ4n) is 2.58. The van der Waals surface area contributed by atoms with Gasteiger partial charge < -0.3 is 10.6 Å². The zero-order valence-corrected chi connectivity index (χ0v) is 17.3. The molecule has 1 unspecified atom stereocenters. The maximum atomic E-state index is 12.6. The summed E-state index contributed by atoms with van der Waals surface area (Å²) >= 11 is 4.91. The number of nitrogens with one attached hydrogen (secondary N) is 2. The molecule has 0 bridgehead atoms. The van der Waals surface area contributed by atoms with Crippen LogP contribution in [0.25, 0.3) is 0 Å². The Morgan fingerprint density at radius 3 is 2.67 bits per heavy atom. The standard InChI is InChI=1S/C20H20N2O2S3/c1-14(23)21-17(19-7-4-9-26-19)11-20(24)22-16-5-2-3-6-18(16)27-13-15-8-10-25-12-15/h2-10,12,17H,11,13H2,1H3,(H,21,23)(H,22,24). The number of thioether (sulfide) groups is 1. The molecule has 0 radical (unpaired) electrons. The molecular weight excluding hydrogens is 396 g/mol. The van der Waals surface area contributed by atoms with E-state index in [0.717, 1.165) is 21.2 Å². The van der Waals surface area contributed by atoms with Crippen molar-refractivity contribution < 1.29 is 9.59 Å². The molecule has 1 aromatic carbocycles. The number of benzene rings is 1. The third kappa shape index (κ3) is 5.95. The molecule has 3 aromatic rings. The van der Waals surface area contributed by atoms with E-state index in [0.29, 0.717) is 0 Å². The monoisotopic (exact) mass is 416 g/mol. The quantitative estimate of drug-likeness (QED) is 0.489. The van der Waals surface area contributed by atoms with Gasteiger partial charge in [-0.15, -0.1) is 23.1 Å². The van der Waals surface area contributed by atoms with Crippen LogP contribution in [0.15, 0.2) is 63.5 Å². The van der Waals surface area contributed by atoms with E-state index in [1.165, 1.54) is 23.8 Å². The van der Waals surface area contributed by atoms with Gasteiger partial charge in [-0.1, -0.05) is 18.2 Å². The second-order valence-corrected chi connectivity index (χ2v) is 8.71. The maximum Gasteiger partial charge on any atom is 0.226 e. The molecule has 2 amide bonds. The van der Waals surface area contributed by atoms with Gasteiger partial charge in [-0.05, 0) is 46.0 Å². The van der Waals surface area contributed by atoms with Crippen LogP contribution in [0.5, 0.6) is 0 Å². The fraction of sp³-hybridized carbons (Fsp3) is 0.200. The van der Waals surface area contributed by atoms with Crippen molar-refractivity contribution in [3.8, 4) is 0 Å². The van der Waals surface area contributed by atoms with Crippen LogP contribution in [0, 0.1) is 0 Å². The molecule has 0 aliphatic heterocycles. The molecule has 0 aliphatic rings. The highest BCUT2D eigenvalue weighted by Gasteiger charge is 2.18. The van der Waals surface area contributed by atoms with E-state index in [9.17, 15) is 9.59 Å². The number of carbonyl (C=O) groups excluding carboxylic acids is 2. The third-order valence-electron chi connectivity index (χ3n) is 3.79. The highest BCUT2D eigenvalue weighted by atomic mass is 32.2. The number of hydrogen-bond donors (Lipinski definition) is 2. The minimum atomic E-state index is -0.312. The summed E-state index contributed by atoms with van der Waals surface area (Å²) in [4.78, 5) is 26.1. The molecule has 3 rings (SSSR count). The van der Waals surface area contributed by atoms with E-state index >= 15 is 0 Å². The Balaban J connectivity index is 1.65. The normalized spacial score (nSPS) is 11.7. The highest BCUT2D eigenvalue weighted by molar-refractivity contribution is 7.98. The molecule has 7 heteroatoms. The van der Waals surface area contributed by atoms with Gasteiger partial charge in [0.05, 0.1) is 18.2 Å². The number of anilines is 1. The Morgan fingerprint density at radius 1 is 1.11 bits per heavy atom. The van der Waals surface area contributed by atoms with Crippen LogP contribution in [0.1, 0.15) is 29.8 Å². The van der Waals surface area contributed by atoms with E-state index in [2.05, 4.69) is 27.5 Å². The summed E-state index contributed by atoms with van der Waals surface area (Å²) in [5.41, 5.74) is 2.07. The topological polar surface area (TPSA) is 58.2 Å². The summed E-state index contributed by atoms with van der Waals surface area (Å²) in [5.74, 6) is 0.596. The lowest BCUT2D eigenvalue weighted by Gasteiger charge is -2.17. The smallest absolute Gasteiger partial charge is 0.226 e. The predicted molar refractivity (Wildman–Crippen MR) is 114 cm³/mol. The van der Waals surface area contributed by atoms with Gasteiger partial charge >= 0.3 is 0 Å². The number of amides is 2. The summed E-state index contributed by atoms with van der Waals surface area (Å²) in [5, 5.41) is 12.0. The number of para-hydroxylation sites is 1. The van der Waals surface area contributed by atoms with Crippen molar-refractivity contribution >= 4 is 51.9 Å². The average molecular weight is 417 g/mol. The maximum absolute atomic E-state index is 12.6. The van der Waals surface area contributed by atoms with Gasteiger partial charge in [0.25, 0.3) is 0 Å². The fourth-order valence-corrected chi connectivity index (χ4v) is 5.08. The van der Waals surface area contributed by atoms with Gasteiger partial charge in [-0.2, -0.15) is 11.3 Å². The minimum absolute atomic E-state index is 0.120. The molecule has 2 N–H and O–H groups in total. The lowest BCUT2D eigenvalue weighted by molar-refractivity contribution is -0.120. The number of thiophene rings is 2. The lowest BCUT2D eigenvalue weighted by Crippen LogP contribution is -2.29. The van der Waals surface area contributed by atoms with Crippen LogP contribution in [-0.4, -0.2) is 11.8 Å². The Kier molecular flexibility index (Phi) is 7.09. The molecule has 4 nitrogen and oxygen atoms in total. The van der Waals surface area contributed by atoms with Crippen molar-refractivity contribution in [3.63, 3.8) is 0 Å². The Labute approximate surface area is 171 Å². The molecule has 1 atom stereocenters. The molecule has 2 heterocycles. The zero-order valence-electron chi connectivity index (χ0n) is 14.8. The molecule has 27 heavy (non-hydrogen) atoms. The van der Waals surface area contributed by atoms with E-state index in [1.54, 1.807) is 23.1 Å². The molecule has 0 saturated carbocycles. The van der Waals surface area contributed by atoms with Gasteiger partial charge in [0.1, 0.15) is 0 Å². The molecule has 140 valence electrons. The highest BCUT2D eigenvalue weighted by Crippen LogP contribution is 2.31. The molecule has 0 saturated heterocycles. The van der Waals surface area contributed by atoms with Crippen LogP contribution < -0.4 is 10.6 Å². The second-order valence-electron chi connectivity index (χ2n) is 5.94. The summed E-state index contributed by atoms with van der Waals surface area (Å²) in [6.45, 7) is 1.47. The van der Waals surface area contributed by atoms with Crippen molar-refractivity contribution in [2.45, 2.75) is 30.0 Å². The molecule has 0 fully saturated rings. The van der Waals surface area contributed by atoms with Gasteiger partial charge in [-0.3, -0.25) is 9.59 Å².